The zero-order chi connectivity index (χ0) is 25.3. The highest BCUT2D eigenvalue weighted by molar-refractivity contribution is 9.10. The molecule has 0 unspecified atom stereocenters. The molecule has 0 saturated heterocycles. The van der Waals surface area contributed by atoms with Gasteiger partial charge < -0.3 is 9.88 Å². The van der Waals surface area contributed by atoms with E-state index in [0.29, 0.717) is 27.5 Å². The number of H-pyrrole nitrogens is 1. The van der Waals surface area contributed by atoms with Gasteiger partial charge in [0.25, 0.3) is 5.56 Å². The Hall–Kier alpha value is -3.29. The van der Waals surface area contributed by atoms with E-state index in [1.807, 2.05) is 0 Å². The summed E-state index contributed by atoms with van der Waals surface area (Å²) in [6, 6.07) is 2.71. The van der Waals surface area contributed by atoms with Crippen LogP contribution in [0, 0.1) is 6.92 Å². The molecule has 0 saturated carbocycles. The zero-order valence-electron chi connectivity index (χ0n) is 18.9. The molecule has 0 aliphatic carbocycles. The Labute approximate surface area is 205 Å². The van der Waals surface area contributed by atoms with Crippen LogP contribution >= 0.6 is 15.9 Å². The van der Waals surface area contributed by atoms with E-state index in [1.165, 1.54) is 22.7 Å². The number of hydrogen-bond acceptors (Lipinski definition) is 6. The maximum atomic E-state index is 13.3. The van der Waals surface area contributed by atoms with E-state index in [1.54, 1.807) is 11.5 Å². The Morgan fingerprint density at radius 2 is 2.03 bits per heavy atom. The number of aromatic amines is 1. The Kier molecular flexibility index (Phi) is 6.92. The summed E-state index contributed by atoms with van der Waals surface area (Å²) < 4.78 is 43.4. The van der Waals surface area contributed by atoms with Gasteiger partial charge in [-0.2, -0.15) is 13.2 Å². The molecule has 4 rings (SSSR count). The summed E-state index contributed by atoms with van der Waals surface area (Å²) in [5.74, 6) is -1.65. The Morgan fingerprint density at radius 3 is 2.71 bits per heavy atom. The summed E-state index contributed by atoms with van der Waals surface area (Å²) in [5, 5.41) is 8.23. The molecule has 0 bridgehead atoms. The smallest absolute Gasteiger partial charge is 0.327 e. The third kappa shape index (κ3) is 4.92. The highest BCUT2D eigenvalue weighted by atomic mass is 79.9. The van der Waals surface area contributed by atoms with E-state index >= 15 is 0 Å². The van der Waals surface area contributed by atoms with Crippen molar-refractivity contribution in [3.05, 3.63) is 44.9 Å². The van der Waals surface area contributed by atoms with Crippen LogP contribution in [0.2, 0.25) is 0 Å². The van der Waals surface area contributed by atoms with E-state index in [2.05, 4.69) is 48.0 Å². The first-order chi connectivity index (χ1) is 16.6. The van der Waals surface area contributed by atoms with Gasteiger partial charge in [0.15, 0.2) is 15.9 Å². The van der Waals surface area contributed by atoms with Gasteiger partial charge in [0, 0.05) is 37.1 Å². The number of fused-ring (bicyclic) bond motifs is 2. The van der Waals surface area contributed by atoms with Crippen molar-refractivity contribution in [2.45, 2.75) is 52.3 Å². The third-order valence-corrected chi connectivity index (χ3v) is 5.88. The molecule has 0 aliphatic heterocycles. The number of unbranched alkanes of at least 4 members (excludes halogenated alkanes) is 2. The summed E-state index contributed by atoms with van der Waals surface area (Å²) >= 11 is 3.25. The molecule has 0 radical (unpaired) electrons. The van der Waals surface area contributed by atoms with Crippen molar-refractivity contribution in [2.75, 3.05) is 11.4 Å². The topological polar surface area (TPSA) is 114 Å². The van der Waals surface area contributed by atoms with Crippen LogP contribution in [0.5, 0.6) is 0 Å². The Morgan fingerprint density at radius 1 is 1.26 bits per heavy atom. The Balaban J connectivity index is 1.75. The number of aromatic nitrogens is 7. The molecule has 14 heteroatoms. The van der Waals surface area contributed by atoms with Crippen LogP contribution in [-0.2, 0) is 17.8 Å². The number of pyridine rings is 1. The highest BCUT2D eigenvalue weighted by Gasteiger charge is 2.43. The molecule has 4 heterocycles. The van der Waals surface area contributed by atoms with Crippen LogP contribution in [0.3, 0.4) is 0 Å². The van der Waals surface area contributed by atoms with Crippen LogP contribution in [0.25, 0.3) is 16.9 Å². The fraction of sp³-hybridized carbons (Fsp3) is 0.429. The predicted molar refractivity (Wildman–Crippen MR) is 125 cm³/mol. The predicted octanol–water partition coefficient (Wildman–Crippen LogP) is 3.56. The van der Waals surface area contributed by atoms with Gasteiger partial charge in [-0.25, -0.2) is 9.38 Å². The molecule has 4 aromatic rings. The van der Waals surface area contributed by atoms with Crippen molar-refractivity contribution >= 4 is 44.5 Å². The molecule has 0 spiro atoms. The van der Waals surface area contributed by atoms with Crippen LogP contribution in [-0.4, -0.2) is 52.7 Å². The van der Waals surface area contributed by atoms with Gasteiger partial charge in [-0.15, -0.1) is 10.2 Å². The lowest BCUT2D eigenvalue weighted by Crippen LogP contribution is -2.42. The zero-order valence-corrected chi connectivity index (χ0v) is 20.5. The molecule has 10 nitrogen and oxygen atoms in total. The van der Waals surface area contributed by atoms with E-state index in [-0.39, 0.29) is 35.8 Å². The molecule has 0 aromatic carbocycles. The maximum absolute atomic E-state index is 13.3. The molecule has 0 aliphatic rings. The van der Waals surface area contributed by atoms with Gasteiger partial charge >= 0.3 is 12.1 Å². The van der Waals surface area contributed by atoms with Gasteiger partial charge in [0.1, 0.15) is 5.82 Å². The molecular formula is C21H22BrF3N8O2. The molecule has 35 heavy (non-hydrogen) atoms. The van der Waals surface area contributed by atoms with Crippen molar-refractivity contribution in [2.24, 2.45) is 0 Å². The number of anilines is 1. The highest BCUT2D eigenvalue weighted by Crippen LogP contribution is 2.24. The lowest BCUT2D eigenvalue weighted by Gasteiger charge is -2.23. The summed E-state index contributed by atoms with van der Waals surface area (Å²) in [6.07, 6.45) is -1.15. The van der Waals surface area contributed by atoms with Crippen molar-refractivity contribution in [3.63, 3.8) is 0 Å². The van der Waals surface area contributed by atoms with E-state index in [4.69, 9.17) is 0 Å². The fourth-order valence-electron chi connectivity index (χ4n) is 3.88. The van der Waals surface area contributed by atoms with E-state index in [0.717, 1.165) is 19.3 Å². The third-order valence-electron chi connectivity index (χ3n) is 5.51. The average molecular weight is 555 g/mol. The average Bonchev–Trinajstić information content (AvgIpc) is 3.39. The van der Waals surface area contributed by atoms with Crippen molar-refractivity contribution in [3.8, 4) is 0 Å². The van der Waals surface area contributed by atoms with Gasteiger partial charge in [-0.3, -0.25) is 19.1 Å². The molecule has 0 fully saturated rings. The minimum atomic E-state index is -5.08. The largest absolute Gasteiger partial charge is 0.471 e. The summed E-state index contributed by atoms with van der Waals surface area (Å²) in [7, 11) is 0. The first-order valence-electron chi connectivity index (χ1n) is 10.9. The number of nitrogens with one attached hydrogen (secondary N) is 1. The second-order valence-corrected chi connectivity index (χ2v) is 8.75. The maximum Gasteiger partial charge on any atom is 0.471 e. The second kappa shape index (κ2) is 9.76. The van der Waals surface area contributed by atoms with E-state index < -0.39 is 17.6 Å². The van der Waals surface area contributed by atoms with Crippen molar-refractivity contribution < 1.29 is 18.0 Å². The van der Waals surface area contributed by atoms with Crippen LogP contribution in [0.15, 0.2) is 27.9 Å². The van der Waals surface area contributed by atoms with Crippen molar-refractivity contribution in [1.29, 1.82) is 0 Å². The molecule has 1 amide bonds. The van der Waals surface area contributed by atoms with Gasteiger partial charge in [-0.05, 0) is 41.4 Å². The van der Waals surface area contributed by atoms with Gasteiger partial charge in [-0.1, -0.05) is 19.8 Å². The lowest BCUT2D eigenvalue weighted by molar-refractivity contribution is -0.170. The Bertz CT molecular complexity index is 1440. The van der Waals surface area contributed by atoms with Gasteiger partial charge in [0.2, 0.25) is 5.78 Å². The van der Waals surface area contributed by atoms with Crippen LogP contribution in [0.4, 0.5) is 18.9 Å². The number of carbonyl (C=O) groups is 1. The standard InChI is InChI=1S/C21H22BrF3N8O2/c1-3-4-5-9-32-16-15(27-19(22)28-16)17(34)33-14(29-30-20(32)33)7-10-31(18(35)21(23,24)25)13-6-8-26-12(2)11-13/h6,8,11H,3-5,7,9-10H2,1-2H3,(H,27,28). The molecular weight excluding hydrogens is 533 g/mol. The minimum Gasteiger partial charge on any atom is -0.327 e. The molecule has 186 valence electrons. The monoisotopic (exact) mass is 554 g/mol. The number of aryl methyl sites for hydroxylation is 2. The number of rotatable bonds is 8. The number of nitrogens with zero attached hydrogens (tertiary/aromatic N) is 7. The van der Waals surface area contributed by atoms with Crippen LogP contribution < -0.4 is 10.5 Å². The fourth-order valence-corrected chi connectivity index (χ4v) is 4.24. The number of amides is 1. The first kappa shape index (κ1) is 24.8. The lowest BCUT2D eigenvalue weighted by atomic mass is 10.2. The summed E-state index contributed by atoms with van der Waals surface area (Å²) in [4.78, 5) is 37.2. The number of alkyl halides is 3. The quantitative estimate of drug-likeness (QED) is 0.263. The number of halogens is 4. The number of hydrogen-bond donors (Lipinski definition) is 1. The molecule has 0 atom stereocenters. The van der Waals surface area contributed by atoms with E-state index in [9.17, 15) is 22.8 Å². The molecule has 1 N–H and O–H groups in total. The second-order valence-electron chi connectivity index (χ2n) is 8.00. The SMILES string of the molecule is CCCCCn1c2nc(Br)[nH]c2c(=O)n2c(CCN(C(=O)C(F)(F)F)c3ccnc(C)c3)nnc12. The number of carbonyl (C=O) groups excluding carboxylic acids is 1. The van der Waals surface area contributed by atoms with Gasteiger partial charge in [0.05, 0.1) is 0 Å². The first-order valence-corrected chi connectivity index (χ1v) is 11.7. The number of imidazole rings is 1. The molecule has 4 aromatic heterocycles. The minimum absolute atomic E-state index is 0.0468. The van der Waals surface area contributed by atoms with Crippen LogP contribution in [0.1, 0.15) is 37.7 Å². The normalized spacial score (nSPS) is 12.1. The van der Waals surface area contributed by atoms with Crippen molar-refractivity contribution in [1.82, 2.24) is 34.1 Å². The summed E-state index contributed by atoms with van der Waals surface area (Å²) in [5.41, 5.74) is 0.650. The summed E-state index contributed by atoms with van der Waals surface area (Å²) in [6.45, 7) is 3.83.